The average molecular weight is 376 g/mol. The van der Waals surface area contributed by atoms with Crippen LogP contribution in [-0.2, 0) is 0 Å². The number of aromatic nitrogens is 1. The van der Waals surface area contributed by atoms with E-state index in [0.29, 0.717) is 18.7 Å². The first-order chi connectivity index (χ1) is 11.2. The first-order valence-corrected chi connectivity index (χ1v) is 8.26. The summed E-state index contributed by atoms with van der Waals surface area (Å²) in [5.74, 6) is 0.784. The van der Waals surface area contributed by atoms with Crippen molar-refractivity contribution in [3.8, 4) is 5.75 Å². The van der Waals surface area contributed by atoms with Crippen molar-refractivity contribution in [2.45, 2.75) is 0 Å². The maximum Gasteiger partial charge on any atom is 0.254 e. The van der Waals surface area contributed by atoms with Crippen LogP contribution in [0.2, 0.25) is 0 Å². The number of benzene rings is 1. The molecule has 2 aromatic rings. The second-order valence-electron chi connectivity index (χ2n) is 5.33. The van der Waals surface area contributed by atoms with E-state index in [1.165, 1.54) is 0 Å². The maximum atomic E-state index is 12.6. The van der Waals surface area contributed by atoms with Crippen LogP contribution in [0.1, 0.15) is 10.4 Å². The molecule has 1 fully saturated rings. The normalized spacial score (nSPS) is 14.7. The van der Waals surface area contributed by atoms with Crippen LogP contribution < -0.4 is 9.64 Å². The van der Waals surface area contributed by atoms with Gasteiger partial charge in [0.15, 0.2) is 0 Å². The quantitative estimate of drug-likeness (QED) is 0.827. The van der Waals surface area contributed by atoms with Crippen molar-refractivity contribution in [2.24, 2.45) is 0 Å². The molecule has 0 atom stereocenters. The fourth-order valence-electron chi connectivity index (χ4n) is 2.70. The smallest absolute Gasteiger partial charge is 0.254 e. The number of piperazine rings is 1. The van der Waals surface area contributed by atoms with Gasteiger partial charge in [0.2, 0.25) is 0 Å². The van der Waals surface area contributed by atoms with Gasteiger partial charge in [-0.1, -0.05) is 0 Å². The van der Waals surface area contributed by atoms with Gasteiger partial charge in [0, 0.05) is 49.8 Å². The van der Waals surface area contributed by atoms with Crippen LogP contribution in [0.4, 0.5) is 5.69 Å². The molecule has 120 valence electrons. The van der Waals surface area contributed by atoms with Crippen molar-refractivity contribution in [1.29, 1.82) is 0 Å². The summed E-state index contributed by atoms with van der Waals surface area (Å²) in [6.07, 6.45) is 3.59. The SMILES string of the molecule is COc1ccc(C(=O)N2CCN(c3ccncc3)CC2)cc1Br. The monoisotopic (exact) mass is 375 g/mol. The molecule has 23 heavy (non-hydrogen) atoms. The van der Waals surface area contributed by atoms with E-state index in [0.717, 1.165) is 29.0 Å². The van der Waals surface area contributed by atoms with E-state index in [1.807, 2.05) is 29.2 Å². The standard InChI is InChI=1S/C17H18BrN3O2/c1-23-16-3-2-13(12-15(16)18)17(22)21-10-8-20(9-11-21)14-4-6-19-7-5-14/h2-7,12H,8-11H2,1H3. The van der Waals surface area contributed by atoms with Crippen molar-refractivity contribution >= 4 is 27.5 Å². The van der Waals surface area contributed by atoms with Gasteiger partial charge in [-0.3, -0.25) is 9.78 Å². The Morgan fingerprint density at radius 3 is 2.43 bits per heavy atom. The number of ether oxygens (including phenoxy) is 1. The Morgan fingerprint density at radius 1 is 1.13 bits per heavy atom. The van der Waals surface area contributed by atoms with Crippen LogP contribution in [0, 0.1) is 0 Å². The number of carbonyl (C=O) groups excluding carboxylic acids is 1. The van der Waals surface area contributed by atoms with Crippen LogP contribution in [0.25, 0.3) is 0 Å². The van der Waals surface area contributed by atoms with Crippen LogP contribution in [-0.4, -0.2) is 49.1 Å². The molecule has 2 heterocycles. The first kappa shape index (κ1) is 15.8. The van der Waals surface area contributed by atoms with Gasteiger partial charge < -0.3 is 14.5 Å². The molecule has 0 spiro atoms. The molecule has 0 radical (unpaired) electrons. The second-order valence-corrected chi connectivity index (χ2v) is 6.19. The lowest BCUT2D eigenvalue weighted by molar-refractivity contribution is 0.0746. The van der Waals surface area contributed by atoms with Crippen molar-refractivity contribution in [3.63, 3.8) is 0 Å². The van der Waals surface area contributed by atoms with Gasteiger partial charge in [-0.25, -0.2) is 0 Å². The molecule has 0 aliphatic carbocycles. The maximum absolute atomic E-state index is 12.6. The molecular weight excluding hydrogens is 358 g/mol. The van der Waals surface area contributed by atoms with Crippen LogP contribution in [0.5, 0.6) is 5.75 Å². The number of anilines is 1. The highest BCUT2D eigenvalue weighted by molar-refractivity contribution is 9.10. The molecule has 1 aliphatic heterocycles. The lowest BCUT2D eigenvalue weighted by Gasteiger charge is -2.36. The molecular formula is C17H18BrN3O2. The number of amides is 1. The molecule has 1 aromatic carbocycles. The van der Waals surface area contributed by atoms with E-state index in [2.05, 4.69) is 25.8 Å². The van der Waals surface area contributed by atoms with E-state index in [1.54, 1.807) is 25.6 Å². The van der Waals surface area contributed by atoms with Crippen molar-refractivity contribution in [2.75, 3.05) is 38.2 Å². The molecule has 1 aliphatic rings. The first-order valence-electron chi connectivity index (χ1n) is 7.47. The summed E-state index contributed by atoms with van der Waals surface area (Å²) in [5.41, 5.74) is 1.83. The Labute approximate surface area is 144 Å². The van der Waals surface area contributed by atoms with Crippen LogP contribution in [0.3, 0.4) is 0 Å². The minimum absolute atomic E-state index is 0.0581. The summed E-state index contributed by atoms with van der Waals surface area (Å²) < 4.78 is 6.00. The number of hydrogen-bond acceptors (Lipinski definition) is 4. The van der Waals surface area contributed by atoms with E-state index < -0.39 is 0 Å². The Hall–Kier alpha value is -2.08. The molecule has 0 unspecified atom stereocenters. The number of halogens is 1. The summed E-state index contributed by atoms with van der Waals surface area (Å²) in [6, 6.07) is 9.43. The highest BCUT2D eigenvalue weighted by Crippen LogP contribution is 2.26. The molecule has 0 saturated carbocycles. The summed E-state index contributed by atoms with van der Waals surface area (Å²) >= 11 is 3.43. The topological polar surface area (TPSA) is 45.7 Å². The minimum atomic E-state index is 0.0581. The largest absolute Gasteiger partial charge is 0.496 e. The predicted molar refractivity (Wildman–Crippen MR) is 93.0 cm³/mol. The fourth-order valence-corrected chi connectivity index (χ4v) is 3.25. The Kier molecular flexibility index (Phi) is 4.81. The molecule has 0 N–H and O–H groups in total. The zero-order valence-electron chi connectivity index (χ0n) is 12.9. The van der Waals surface area contributed by atoms with Crippen LogP contribution >= 0.6 is 15.9 Å². The van der Waals surface area contributed by atoms with E-state index >= 15 is 0 Å². The van der Waals surface area contributed by atoms with E-state index in [4.69, 9.17) is 4.74 Å². The molecule has 0 bridgehead atoms. The molecule has 6 heteroatoms. The lowest BCUT2D eigenvalue weighted by atomic mass is 10.1. The highest BCUT2D eigenvalue weighted by Gasteiger charge is 2.22. The summed E-state index contributed by atoms with van der Waals surface area (Å²) in [7, 11) is 1.61. The third kappa shape index (κ3) is 3.47. The van der Waals surface area contributed by atoms with Gasteiger partial charge in [0.05, 0.1) is 11.6 Å². The lowest BCUT2D eigenvalue weighted by Crippen LogP contribution is -2.48. The number of carbonyl (C=O) groups is 1. The third-order valence-electron chi connectivity index (χ3n) is 3.99. The number of nitrogens with zero attached hydrogens (tertiary/aromatic N) is 3. The Morgan fingerprint density at radius 2 is 1.83 bits per heavy atom. The molecule has 3 rings (SSSR count). The molecule has 1 amide bonds. The molecule has 1 saturated heterocycles. The van der Waals surface area contributed by atoms with Crippen LogP contribution in [0.15, 0.2) is 47.2 Å². The molecule has 5 nitrogen and oxygen atoms in total. The minimum Gasteiger partial charge on any atom is -0.496 e. The van der Waals surface area contributed by atoms with Gasteiger partial charge in [-0.05, 0) is 46.3 Å². The van der Waals surface area contributed by atoms with Gasteiger partial charge in [0.1, 0.15) is 5.75 Å². The molecule has 1 aromatic heterocycles. The van der Waals surface area contributed by atoms with E-state index in [9.17, 15) is 4.79 Å². The summed E-state index contributed by atoms with van der Waals surface area (Å²) in [4.78, 5) is 20.8. The van der Waals surface area contributed by atoms with Gasteiger partial charge >= 0.3 is 0 Å². The van der Waals surface area contributed by atoms with Crippen molar-refractivity contribution < 1.29 is 9.53 Å². The number of rotatable bonds is 3. The Balaban J connectivity index is 1.65. The second kappa shape index (κ2) is 7.00. The zero-order valence-corrected chi connectivity index (χ0v) is 14.5. The van der Waals surface area contributed by atoms with Gasteiger partial charge in [-0.15, -0.1) is 0 Å². The summed E-state index contributed by atoms with van der Waals surface area (Å²) in [5, 5.41) is 0. The number of hydrogen-bond donors (Lipinski definition) is 0. The van der Waals surface area contributed by atoms with Gasteiger partial charge in [-0.2, -0.15) is 0 Å². The van der Waals surface area contributed by atoms with E-state index in [-0.39, 0.29) is 5.91 Å². The number of methoxy groups -OCH3 is 1. The predicted octanol–water partition coefficient (Wildman–Crippen LogP) is 2.82. The number of pyridine rings is 1. The average Bonchev–Trinajstić information content (AvgIpc) is 2.62. The summed E-state index contributed by atoms with van der Waals surface area (Å²) in [6.45, 7) is 3.08. The zero-order chi connectivity index (χ0) is 16.2. The fraction of sp³-hybridized carbons (Fsp3) is 0.294. The van der Waals surface area contributed by atoms with Gasteiger partial charge in [0.25, 0.3) is 5.91 Å². The third-order valence-corrected chi connectivity index (χ3v) is 4.61. The van der Waals surface area contributed by atoms with Crippen molar-refractivity contribution in [1.82, 2.24) is 9.88 Å². The van der Waals surface area contributed by atoms with Crippen molar-refractivity contribution in [3.05, 3.63) is 52.8 Å². The Bertz CT molecular complexity index is 685. The highest BCUT2D eigenvalue weighted by atomic mass is 79.9.